The molecule has 0 saturated heterocycles. The highest BCUT2D eigenvalue weighted by molar-refractivity contribution is 6.30. The van der Waals surface area contributed by atoms with Crippen LogP contribution in [0.1, 0.15) is 41.6 Å². The average molecular weight is 370 g/mol. The van der Waals surface area contributed by atoms with Gasteiger partial charge in [-0.2, -0.15) is 0 Å². The van der Waals surface area contributed by atoms with Crippen molar-refractivity contribution >= 4 is 17.5 Å². The van der Waals surface area contributed by atoms with Crippen molar-refractivity contribution in [3.05, 3.63) is 64.7 Å². The summed E-state index contributed by atoms with van der Waals surface area (Å²) in [5, 5.41) is 23.7. The summed E-state index contributed by atoms with van der Waals surface area (Å²) in [6.45, 7) is 0. The maximum atomic E-state index is 12.3. The molecular formula is C21H20ClNO3. The van der Waals surface area contributed by atoms with Crippen LogP contribution >= 0.6 is 11.6 Å². The van der Waals surface area contributed by atoms with E-state index in [0.717, 1.165) is 18.4 Å². The number of phenolic OH excluding ortho intramolecular Hbond substituents is 1. The number of aromatic hydroxyl groups is 1. The molecular weight excluding hydrogens is 350 g/mol. The van der Waals surface area contributed by atoms with Crippen LogP contribution < -0.4 is 5.32 Å². The molecule has 1 aliphatic rings. The number of phenols is 1. The minimum absolute atomic E-state index is 0.116. The zero-order valence-electron chi connectivity index (χ0n) is 14.2. The number of aliphatic hydroxyl groups is 1. The predicted octanol–water partition coefficient (Wildman–Crippen LogP) is 3.50. The summed E-state index contributed by atoms with van der Waals surface area (Å²) >= 11 is 5.96. The van der Waals surface area contributed by atoms with Gasteiger partial charge in [0.1, 0.15) is 11.4 Å². The molecule has 2 aromatic rings. The summed E-state index contributed by atoms with van der Waals surface area (Å²) in [6.07, 6.45) is 2.53. The largest absolute Gasteiger partial charge is 0.508 e. The third kappa shape index (κ3) is 4.78. The van der Waals surface area contributed by atoms with Crippen LogP contribution in [-0.4, -0.2) is 27.8 Å². The molecule has 0 spiro atoms. The van der Waals surface area contributed by atoms with Gasteiger partial charge in [-0.25, -0.2) is 0 Å². The predicted molar refractivity (Wildman–Crippen MR) is 101 cm³/mol. The lowest BCUT2D eigenvalue weighted by Gasteiger charge is -2.33. The molecule has 1 fully saturated rings. The van der Waals surface area contributed by atoms with Crippen molar-refractivity contribution in [3.63, 3.8) is 0 Å². The fraction of sp³-hybridized carbons (Fsp3) is 0.286. The first-order chi connectivity index (χ1) is 12.4. The van der Waals surface area contributed by atoms with Crippen molar-refractivity contribution in [2.75, 3.05) is 0 Å². The van der Waals surface area contributed by atoms with E-state index in [4.69, 9.17) is 11.6 Å². The SMILES string of the molecule is O=C(N[C@H]1CCCC(O)(C#Cc2cccc(Cl)c2)C1)c1ccc(O)cc1. The summed E-state index contributed by atoms with van der Waals surface area (Å²) in [5.41, 5.74) is 0.0936. The van der Waals surface area contributed by atoms with Crippen LogP contribution in [0.2, 0.25) is 5.02 Å². The van der Waals surface area contributed by atoms with Gasteiger partial charge in [-0.15, -0.1) is 0 Å². The number of halogens is 1. The molecule has 4 nitrogen and oxygen atoms in total. The molecule has 0 aliphatic heterocycles. The van der Waals surface area contributed by atoms with Gasteiger partial charge in [0.15, 0.2) is 0 Å². The molecule has 2 aromatic carbocycles. The molecule has 0 radical (unpaired) electrons. The molecule has 3 N–H and O–H groups in total. The molecule has 0 heterocycles. The molecule has 1 aliphatic carbocycles. The molecule has 134 valence electrons. The Morgan fingerprint density at radius 2 is 2.00 bits per heavy atom. The molecule has 1 amide bonds. The highest BCUT2D eigenvalue weighted by Crippen LogP contribution is 2.28. The van der Waals surface area contributed by atoms with E-state index in [0.29, 0.717) is 23.4 Å². The van der Waals surface area contributed by atoms with Crippen LogP contribution in [0.5, 0.6) is 5.75 Å². The summed E-state index contributed by atoms with van der Waals surface area (Å²) in [6, 6.07) is 13.1. The summed E-state index contributed by atoms with van der Waals surface area (Å²) < 4.78 is 0. The third-order valence-electron chi connectivity index (χ3n) is 4.46. The number of nitrogens with one attached hydrogen (secondary N) is 1. The fourth-order valence-electron chi connectivity index (χ4n) is 3.13. The van der Waals surface area contributed by atoms with E-state index < -0.39 is 5.60 Å². The highest BCUT2D eigenvalue weighted by atomic mass is 35.5. The van der Waals surface area contributed by atoms with Crippen LogP contribution in [0, 0.1) is 11.8 Å². The fourth-order valence-corrected chi connectivity index (χ4v) is 3.32. The number of carbonyl (C=O) groups is 1. The summed E-state index contributed by atoms with van der Waals surface area (Å²) in [5.74, 6) is 5.83. The van der Waals surface area contributed by atoms with Gasteiger partial charge in [0, 0.05) is 28.6 Å². The second kappa shape index (κ2) is 7.82. The van der Waals surface area contributed by atoms with Gasteiger partial charge in [0.2, 0.25) is 0 Å². The highest BCUT2D eigenvalue weighted by Gasteiger charge is 2.33. The van der Waals surface area contributed by atoms with E-state index in [9.17, 15) is 15.0 Å². The Morgan fingerprint density at radius 1 is 1.23 bits per heavy atom. The normalized spacial score (nSPS) is 22.2. The van der Waals surface area contributed by atoms with Gasteiger partial charge in [-0.3, -0.25) is 4.79 Å². The molecule has 3 rings (SSSR count). The number of rotatable bonds is 2. The Hall–Kier alpha value is -2.48. The molecule has 0 bridgehead atoms. The van der Waals surface area contributed by atoms with Crippen LogP contribution in [0.25, 0.3) is 0 Å². The van der Waals surface area contributed by atoms with E-state index in [1.54, 1.807) is 24.3 Å². The Morgan fingerprint density at radius 3 is 2.73 bits per heavy atom. The van der Waals surface area contributed by atoms with Gasteiger partial charge in [-0.1, -0.05) is 29.5 Å². The maximum Gasteiger partial charge on any atom is 0.251 e. The monoisotopic (exact) mass is 369 g/mol. The van der Waals surface area contributed by atoms with E-state index in [-0.39, 0.29) is 17.7 Å². The van der Waals surface area contributed by atoms with Crippen LogP contribution in [-0.2, 0) is 0 Å². The molecule has 1 saturated carbocycles. The zero-order chi connectivity index (χ0) is 18.6. The van der Waals surface area contributed by atoms with Gasteiger partial charge in [0.25, 0.3) is 5.91 Å². The smallest absolute Gasteiger partial charge is 0.251 e. The lowest BCUT2D eigenvalue weighted by molar-refractivity contribution is 0.0452. The van der Waals surface area contributed by atoms with Crippen molar-refractivity contribution in [1.29, 1.82) is 0 Å². The van der Waals surface area contributed by atoms with E-state index in [1.807, 2.05) is 12.1 Å². The molecule has 5 heteroatoms. The number of carbonyl (C=O) groups excluding carboxylic acids is 1. The van der Waals surface area contributed by atoms with Crippen molar-refractivity contribution in [2.24, 2.45) is 0 Å². The molecule has 26 heavy (non-hydrogen) atoms. The second-order valence-corrected chi connectivity index (χ2v) is 7.04. The van der Waals surface area contributed by atoms with Gasteiger partial charge in [0.05, 0.1) is 0 Å². The van der Waals surface area contributed by atoms with E-state index in [1.165, 1.54) is 12.1 Å². The Bertz CT molecular complexity index is 854. The third-order valence-corrected chi connectivity index (χ3v) is 4.69. The first-order valence-electron chi connectivity index (χ1n) is 8.55. The number of hydrogen-bond donors (Lipinski definition) is 3. The Kier molecular flexibility index (Phi) is 5.51. The van der Waals surface area contributed by atoms with Crippen LogP contribution in [0.15, 0.2) is 48.5 Å². The van der Waals surface area contributed by atoms with Crippen molar-refractivity contribution in [1.82, 2.24) is 5.32 Å². The topological polar surface area (TPSA) is 69.6 Å². The lowest BCUT2D eigenvalue weighted by Crippen LogP contribution is -2.45. The zero-order valence-corrected chi connectivity index (χ0v) is 15.0. The van der Waals surface area contributed by atoms with Crippen LogP contribution in [0.4, 0.5) is 0 Å². The maximum absolute atomic E-state index is 12.3. The second-order valence-electron chi connectivity index (χ2n) is 6.61. The number of amides is 1. The van der Waals surface area contributed by atoms with Gasteiger partial charge in [-0.05, 0) is 61.7 Å². The summed E-state index contributed by atoms with van der Waals surface area (Å²) in [7, 11) is 0. The first-order valence-corrected chi connectivity index (χ1v) is 8.92. The number of benzene rings is 2. The van der Waals surface area contributed by atoms with Crippen molar-refractivity contribution < 1.29 is 15.0 Å². The Labute approximate surface area is 157 Å². The van der Waals surface area contributed by atoms with Crippen LogP contribution in [0.3, 0.4) is 0 Å². The quantitative estimate of drug-likeness (QED) is 0.709. The molecule has 0 aromatic heterocycles. The standard InChI is InChI=1S/C21H20ClNO3/c22-17-4-1-3-15(13-17)10-12-21(26)11-2-5-18(14-21)23-20(25)16-6-8-19(24)9-7-16/h1,3-4,6-9,13,18,24,26H,2,5,11,14H2,(H,23,25)/t18-,21?/m0/s1. The van der Waals surface area contributed by atoms with Gasteiger partial charge < -0.3 is 15.5 Å². The van der Waals surface area contributed by atoms with E-state index in [2.05, 4.69) is 17.2 Å². The lowest BCUT2D eigenvalue weighted by atomic mass is 9.82. The van der Waals surface area contributed by atoms with Crippen molar-refractivity contribution in [2.45, 2.75) is 37.3 Å². The van der Waals surface area contributed by atoms with Gasteiger partial charge >= 0.3 is 0 Å². The Balaban J connectivity index is 1.66. The minimum Gasteiger partial charge on any atom is -0.508 e. The molecule has 1 unspecified atom stereocenters. The number of hydrogen-bond acceptors (Lipinski definition) is 3. The average Bonchev–Trinajstić information content (AvgIpc) is 2.61. The first kappa shape index (κ1) is 18.3. The van der Waals surface area contributed by atoms with Crippen molar-refractivity contribution in [3.8, 4) is 17.6 Å². The molecule has 2 atom stereocenters. The van der Waals surface area contributed by atoms with E-state index >= 15 is 0 Å². The minimum atomic E-state index is -1.13. The summed E-state index contributed by atoms with van der Waals surface area (Å²) in [4.78, 5) is 12.3.